The van der Waals surface area contributed by atoms with Crippen molar-refractivity contribution in [1.82, 2.24) is 0 Å². The fourth-order valence-electron chi connectivity index (χ4n) is 1.42. The van der Waals surface area contributed by atoms with Gasteiger partial charge >= 0.3 is 0 Å². The van der Waals surface area contributed by atoms with E-state index in [0.717, 1.165) is 0 Å². The molecule has 1 amide bonds. The lowest BCUT2D eigenvalue weighted by Gasteiger charge is -2.37. The summed E-state index contributed by atoms with van der Waals surface area (Å²) in [5.74, 6) is -0.832. The van der Waals surface area contributed by atoms with E-state index < -0.39 is 17.0 Å². The van der Waals surface area contributed by atoms with Crippen molar-refractivity contribution in [3.05, 3.63) is 0 Å². The summed E-state index contributed by atoms with van der Waals surface area (Å²) in [5.41, 5.74) is 2.57. The second-order valence-electron chi connectivity index (χ2n) is 4.15. The molecule has 2 N–H and O–H groups in total. The highest BCUT2D eigenvalue weighted by Gasteiger charge is 2.48. The molecule has 0 aliphatic carbocycles. The van der Waals surface area contributed by atoms with Gasteiger partial charge in [-0.3, -0.25) is 4.79 Å². The standard InChI is InChI=1S/C10H20FNO/c1-5-7-10(11,8(12)13)9(3,4)6-2/h5-7H2,1-4H3,(H2,12,13). The van der Waals surface area contributed by atoms with Gasteiger partial charge in [-0.2, -0.15) is 0 Å². The fraction of sp³-hybridized carbons (Fsp3) is 0.900. The molecule has 0 aromatic carbocycles. The van der Waals surface area contributed by atoms with Crippen LogP contribution in [0.15, 0.2) is 0 Å². The molecule has 0 saturated heterocycles. The SMILES string of the molecule is CCCC(F)(C(N)=O)C(C)(C)CC. The summed E-state index contributed by atoms with van der Waals surface area (Å²) < 4.78 is 14.2. The van der Waals surface area contributed by atoms with Gasteiger partial charge in [0.05, 0.1) is 0 Å². The summed E-state index contributed by atoms with van der Waals surface area (Å²) in [4.78, 5) is 11.1. The normalized spacial score (nSPS) is 16.7. The predicted octanol–water partition coefficient (Wildman–Crippen LogP) is 2.42. The van der Waals surface area contributed by atoms with Crippen LogP contribution in [0, 0.1) is 5.41 Å². The number of hydrogen-bond donors (Lipinski definition) is 1. The number of alkyl halides is 1. The van der Waals surface area contributed by atoms with E-state index in [1.807, 2.05) is 13.8 Å². The third-order valence-corrected chi connectivity index (χ3v) is 2.94. The molecular formula is C10H20FNO. The topological polar surface area (TPSA) is 43.1 Å². The number of nitrogens with two attached hydrogens (primary N) is 1. The smallest absolute Gasteiger partial charge is 0.255 e. The average molecular weight is 189 g/mol. The van der Waals surface area contributed by atoms with Crippen molar-refractivity contribution in [2.75, 3.05) is 0 Å². The first kappa shape index (κ1) is 12.4. The Bertz CT molecular complexity index is 191. The van der Waals surface area contributed by atoms with Crippen LogP contribution < -0.4 is 5.73 Å². The zero-order valence-electron chi connectivity index (χ0n) is 8.98. The Labute approximate surface area is 79.7 Å². The summed E-state index contributed by atoms with van der Waals surface area (Å²) in [7, 11) is 0. The second kappa shape index (κ2) is 4.07. The predicted molar refractivity (Wildman–Crippen MR) is 52.0 cm³/mol. The van der Waals surface area contributed by atoms with E-state index in [1.54, 1.807) is 13.8 Å². The van der Waals surface area contributed by atoms with Gasteiger partial charge in [-0.1, -0.05) is 34.1 Å². The molecule has 0 fully saturated rings. The molecule has 78 valence electrons. The van der Waals surface area contributed by atoms with Gasteiger partial charge in [-0.15, -0.1) is 0 Å². The quantitative estimate of drug-likeness (QED) is 0.709. The van der Waals surface area contributed by atoms with E-state index in [4.69, 9.17) is 5.73 Å². The molecule has 3 heteroatoms. The van der Waals surface area contributed by atoms with E-state index in [9.17, 15) is 9.18 Å². The van der Waals surface area contributed by atoms with Crippen LogP contribution in [0.1, 0.15) is 47.0 Å². The number of hydrogen-bond acceptors (Lipinski definition) is 1. The highest BCUT2D eigenvalue weighted by Crippen LogP contribution is 2.40. The lowest BCUT2D eigenvalue weighted by molar-refractivity contribution is -0.139. The molecule has 2 nitrogen and oxygen atoms in total. The molecule has 0 radical (unpaired) electrons. The Kier molecular flexibility index (Phi) is 3.88. The zero-order valence-corrected chi connectivity index (χ0v) is 8.98. The molecule has 0 aliphatic heterocycles. The maximum absolute atomic E-state index is 14.2. The molecule has 13 heavy (non-hydrogen) atoms. The van der Waals surface area contributed by atoms with Crippen molar-refractivity contribution in [2.24, 2.45) is 11.1 Å². The van der Waals surface area contributed by atoms with Gasteiger partial charge in [-0.25, -0.2) is 4.39 Å². The van der Waals surface area contributed by atoms with Crippen LogP contribution in [-0.4, -0.2) is 11.6 Å². The van der Waals surface area contributed by atoms with Gasteiger partial charge in [0.1, 0.15) is 0 Å². The minimum atomic E-state index is -1.86. The first-order valence-corrected chi connectivity index (χ1v) is 4.80. The molecule has 0 saturated carbocycles. The highest BCUT2D eigenvalue weighted by atomic mass is 19.1. The average Bonchev–Trinajstić information content (AvgIpc) is 2.04. The number of carbonyl (C=O) groups excluding carboxylic acids is 1. The van der Waals surface area contributed by atoms with Gasteiger partial charge in [0, 0.05) is 5.41 Å². The van der Waals surface area contributed by atoms with Gasteiger partial charge in [-0.05, 0) is 12.8 Å². The van der Waals surface area contributed by atoms with Crippen molar-refractivity contribution >= 4 is 5.91 Å². The lowest BCUT2D eigenvalue weighted by Crippen LogP contribution is -2.50. The monoisotopic (exact) mass is 189 g/mol. The van der Waals surface area contributed by atoms with Gasteiger partial charge < -0.3 is 5.73 Å². The summed E-state index contributed by atoms with van der Waals surface area (Å²) in [6.07, 6.45) is 1.44. The van der Waals surface area contributed by atoms with Gasteiger partial charge in [0.15, 0.2) is 5.67 Å². The Balaban J connectivity index is 4.88. The van der Waals surface area contributed by atoms with Crippen LogP contribution in [0.2, 0.25) is 0 Å². The maximum Gasteiger partial charge on any atom is 0.255 e. The molecule has 1 unspecified atom stereocenters. The van der Waals surface area contributed by atoms with Crippen molar-refractivity contribution < 1.29 is 9.18 Å². The minimum Gasteiger partial charge on any atom is -0.367 e. The number of primary amides is 1. The van der Waals surface area contributed by atoms with Gasteiger partial charge in [0.25, 0.3) is 5.91 Å². The summed E-state index contributed by atoms with van der Waals surface area (Å²) in [5, 5.41) is 0. The zero-order chi connectivity index (χ0) is 10.7. The Hall–Kier alpha value is -0.600. The summed E-state index contributed by atoms with van der Waals surface area (Å²) in [6, 6.07) is 0. The third-order valence-electron chi connectivity index (χ3n) is 2.94. The first-order chi connectivity index (χ1) is 5.81. The molecule has 0 spiro atoms. The van der Waals surface area contributed by atoms with Crippen molar-refractivity contribution in [2.45, 2.75) is 52.6 Å². The third kappa shape index (κ3) is 2.20. The van der Waals surface area contributed by atoms with Crippen molar-refractivity contribution in [3.63, 3.8) is 0 Å². The van der Waals surface area contributed by atoms with Gasteiger partial charge in [0.2, 0.25) is 0 Å². The van der Waals surface area contributed by atoms with E-state index in [1.165, 1.54) is 0 Å². The Morgan fingerprint density at radius 2 is 1.85 bits per heavy atom. The van der Waals surface area contributed by atoms with Crippen LogP contribution in [0.25, 0.3) is 0 Å². The molecular weight excluding hydrogens is 169 g/mol. The molecule has 0 rings (SSSR count). The number of amides is 1. The van der Waals surface area contributed by atoms with E-state index in [0.29, 0.717) is 12.8 Å². The molecule has 0 aliphatic rings. The van der Waals surface area contributed by atoms with Crippen molar-refractivity contribution in [3.8, 4) is 0 Å². The fourth-order valence-corrected chi connectivity index (χ4v) is 1.42. The van der Waals surface area contributed by atoms with E-state index in [-0.39, 0.29) is 6.42 Å². The number of carbonyl (C=O) groups is 1. The first-order valence-electron chi connectivity index (χ1n) is 4.80. The van der Waals surface area contributed by atoms with Crippen LogP contribution in [0.4, 0.5) is 4.39 Å². The van der Waals surface area contributed by atoms with E-state index >= 15 is 0 Å². The second-order valence-corrected chi connectivity index (χ2v) is 4.15. The molecule has 0 bridgehead atoms. The molecule has 0 aromatic heterocycles. The lowest BCUT2D eigenvalue weighted by atomic mass is 9.71. The Morgan fingerprint density at radius 1 is 1.38 bits per heavy atom. The van der Waals surface area contributed by atoms with Crippen LogP contribution >= 0.6 is 0 Å². The van der Waals surface area contributed by atoms with E-state index in [2.05, 4.69) is 0 Å². The molecule has 1 atom stereocenters. The minimum absolute atomic E-state index is 0.211. The van der Waals surface area contributed by atoms with Crippen LogP contribution in [0.3, 0.4) is 0 Å². The molecule has 0 heterocycles. The number of halogens is 1. The van der Waals surface area contributed by atoms with Crippen LogP contribution in [-0.2, 0) is 4.79 Å². The summed E-state index contributed by atoms with van der Waals surface area (Å²) >= 11 is 0. The maximum atomic E-state index is 14.2. The largest absolute Gasteiger partial charge is 0.367 e. The highest BCUT2D eigenvalue weighted by molar-refractivity contribution is 5.84. The van der Waals surface area contributed by atoms with Crippen LogP contribution in [0.5, 0.6) is 0 Å². The Morgan fingerprint density at radius 3 is 2.08 bits per heavy atom. The van der Waals surface area contributed by atoms with Crippen molar-refractivity contribution in [1.29, 1.82) is 0 Å². The summed E-state index contributed by atoms with van der Waals surface area (Å²) in [6.45, 7) is 7.21. The number of rotatable bonds is 5. The molecule has 0 aromatic rings.